The second kappa shape index (κ2) is 2.42. The van der Waals surface area contributed by atoms with Crippen LogP contribution in [-0.2, 0) is 0 Å². The Hall–Kier alpha value is -0.460. The van der Waals surface area contributed by atoms with Gasteiger partial charge in [0.1, 0.15) is 0 Å². The third-order valence-corrected chi connectivity index (χ3v) is 2.09. The first kappa shape index (κ1) is 6.66. The third kappa shape index (κ3) is 1.47. The smallest absolute Gasteiger partial charge is 0.0256 e. The van der Waals surface area contributed by atoms with Gasteiger partial charge in [0.25, 0.3) is 0 Å². The SMILES string of the molecule is CC1=CNC(C)C(C)C1. The van der Waals surface area contributed by atoms with Gasteiger partial charge in [-0.25, -0.2) is 0 Å². The molecule has 0 saturated carbocycles. The molecule has 1 rings (SSSR count). The summed E-state index contributed by atoms with van der Waals surface area (Å²) < 4.78 is 0. The Bertz CT molecular complexity index is 127. The van der Waals surface area contributed by atoms with E-state index < -0.39 is 0 Å². The minimum absolute atomic E-state index is 0.661. The molecule has 0 radical (unpaired) electrons. The van der Waals surface area contributed by atoms with Crippen LogP contribution in [-0.4, -0.2) is 6.04 Å². The molecule has 0 amide bonds. The highest BCUT2D eigenvalue weighted by Crippen LogP contribution is 2.17. The molecule has 0 aromatic carbocycles. The van der Waals surface area contributed by atoms with Crippen LogP contribution >= 0.6 is 0 Å². The molecule has 0 saturated heterocycles. The van der Waals surface area contributed by atoms with E-state index in [4.69, 9.17) is 0 Å². The van der Waals surface area contributed by atoms with Crippen molar-refractivity contribution in [2.45, 2.75) is 33.2 Å². The minimum Gasteiger partial charge on any atom is -0.388 e. The lowest BCUT2D eigenvalue weighted by molar-refractivity contribution is 0.411. The Kier molecular flexibility index (Phi) is 1.79. The molecular weight excluding hydrogens is 110 g/mol. The van der Waals surface area contributed by atoms with Crippen molar-refractivity contribution in [2.75, 3.05) is 0 Å². The molecule has 0 aliphatic carbocycles. The van der Waals surface area contributed by atoms with Gasteiger partial charge in [0.05, 0.1) is 0 Å². The van der Waals surface area contributed by atoms with E-state index in [1.807, 2.05) is 0 Å². The maximum Gasteiger partial charge on any atom is 0.0256 e. The van der Waals surface area contributed by atoms with Crippen LogP contribution in [0.4, 0.5) is 0 Å². The van der Waals surface area contributed by atoms with Crippen LogP contribution in [0.15, 0.2) is 11.8 Å². The molecule has 9 heavy (non-hydrogen) atoms. The van der Waals surface area contributed by atoms with Gasteiger partial charge in [-0.3, -0.25) is 0 Å². The van der Waals surface area contributed by atoms with Crippen LogP contribution in [0, 0.1) is 5.92 Å². The summed E-state index contributed by atoms with van der Waals surface area (Å²) in [5.74, 6) is 0.801. The lowest BCUT2D eigenvalue weighted by Gasteiger charge is -2.25. The topological polar surface area (TPSA) is 12.0 Å². The summed E-state index contributed by atoms with van der Waals surface area (Å²) in [6.45, 7) is 6.69. The van der Waals surface area contributed by atoms with Crippen molar-refractivity contribution < 1.29 is 0 Å². The summed E-state index contributed by atoms with van der Waals surface area (Å²) in [6, 6.07) is 0.661. The average molecular weight is 125 g/mol. The molecule has 1 aliphatic heterocycles. The van der Waals surface area contributed by atoms with E-state index in [1.165, 1.54) is 12.0 Å². The zero-order valence-electron chi connectivity index (χ0n) is 6.44. The maximum atomic E-state index is 3.32. The summed E-state index contributed by atoms with van der Waals surface area (Å²) >= 11 is 0. The molecule has 0 bridgehead atoms. The van der Waals surface area contributed by atoms with Crippen molar-refractivity contribution in [3.63, 3.8) is 0 Å². The molecule has 52 valence electrons. The molecule has 0 aromatic rings. The zero-order valence-corrected chi connectivity index (χ0v) is 6.44. The van der Waals surface area contributed by atoms with E-state index in [-0.39, 0.29) is 0 Å². The highest BCUT2D eigenvalue weighted by atomic mass is 14.9. The van der Waals surface area contributed by atoms with Crippen LogP contribution in [0.5, 0.6) is 0 Å². The monoisotopic (exact) mass is 125 g/mol. The van der Waals surface area contributed by atoms with Crippen molar-refractivity contribution in [3.05, 3.63) is 11.8 Å². The van der Waals surface area contributed by atoms with Gasteiger partial charge in [-0.1, -0.05) is 12.5 Å². The highest BCUT2D eigenvalue weighted by molar-refractivity contribution is 5.03. The van der Waals surface area contributed by atoms with E-state index in [9.17, 15) is 0 Å². The van der Waals surface area contributed by atoms with Crippen LogP contribution < -0.4 is 5.32 Å². The first-order valence-electron chi connectivity index (χ1n) is 3.62. The second-order valence-electron chi connectivity index (χ2n) is 3.13. The first-order valence-corrected chi connectivity index (χ1v) is 3.62. The van der Waals surface area contributed by atoms with Gasteiger partial charge in [-0.05, 0) is 32.4 Å². The second-order valence-corrected chi connectivity index (χ2v) is 3.13. The largest absolute Gasteiger partial charge is 0.388 e. The van der Waals surface area contributed by atoms with E-state index in [1.54, 1.807) is 0 Å². The molecule has 0 spiro atoms. The van der Waals surface area contributed by atoms with Crippen LogP contribution in [0.2, 0.25) is 0 Å². The maximum absolute atomic E-state index is 3.32. The Morgan fingerprint density at radius 1 is 1.56 bits per heavy atom. The van der Waals surface area contributed by atoms with Gasteiger partial charge in [0.15, 0.2) is 0 Å². The van der Waals surface area contributed by atoms with E-state index >= 15 is 0 Å². The molecule has 0 aromatic heterocycles. The molecule has 0 fully saturated rings. The Balaban J connectivity index is 2.54. The summed E-state index contributed by atoms with van der Waals surface area (Å²) in [4.78, 5) is 0. The average Bonchev–Trinajstić information content (AvgIpc) is 1.80. The Morgan fingerprint density at radius 3 is 2.67 bits per heavy atom. The lowest BCUT2D eigenvalue weighted by Crippen LogP contribution is -2.31. The molecule has 2 unspecified atom stereocenters. The number of nitrogens with one attached hydrogen (secondary N) is 1. The summed E-state index contributed by atoms with van der Waals surface area (Å²) in [5.41, 5.74) is 1.47. The quantitative estimate of drug-likeness (QED) is 0.521. The number of rotatable bonds is 0. The van der Waals surface area contributed by atoms with E-state index in [0.29, 0.717) is 6.04 Å². The van der Waals surface area contributed by atoms with E-state index in [2.05, 4.69) is 32.3 Å². The third-order valence-electron chi connectivity index (χ3n) is 2.09. The fourth-order valence-corrected chi connectivity index (χ4v) is 1.18. The fraction of sp³-hybridized carbons (Fsp3) is 0.750. The Labute approximate surface area is 57.1 Å². The van der Waals surface area contributed by atoms with Gasteiger partial charge in [-0.2, -0.15) is 0 Å². The highest BCUT2D eigenvalue weighted by Gasteiger charge is 2.14. The summed E-state index contributed by atoms with van der Waals surface area (Å²) in [7, 11) is 0. The molecule has 1 N–H and O–H groups in total. The number of allylic oxidation sites excluding steroid dienone is 1. The molecule has 2 atom stereocenters. The Morgan fingerprint density at radius 2 is 2.22 bits per heavy atom. The lowest BCUT2D eigenvalue weighted by atomic mass is 9.93. The van der Waals surface area contributed by atoms with Gasteiger partial charge in [0.2, 0.25) is 0 Å². The normalized spacial score (nSPS) is 35.2. The van der Waals surface area contributed by atoms with Crippen LogP contribution in [0.25, 0.3) is 0 Å². The number of hydrogen-bond acceptors (Lipinski definition) is 1. The summed E-state index contributed by atoms with van der Waals surface area (Å²) in [5, 5.41) is 3.32. The van der Waals surface area contributed by atoms with Gasteiger partial charge in [-0.15, -0.1) is 0 Å². The summed E-state index contributed by atoms with van der Waals surface area (Å²) in [6.07, 6.45) is 3.39. The van der Waals surface area contributed by atoms with Crippen molar-refractivity contribution in [1.29, 1.82) is 0 Å². The fourth-order valence-electron chi connectivity index (χ4n) is 1.18. The van der Waals surface area contributed by atoms with Crippen molar-refractivity contribution in [1.82, 2.24) is 5.32 Å². The van der Waals surface area contributed by atoms with Crippen molar-refractivity contribution in [3.8, 4) is 0 Å². The van der Waals surface area contributed by atoms with Gasteiger partial charge >= 0.3 is 0 Å². The van der Waals surface area contributed by atoms with Crippen molar-refractivity contribution in [2.24, 2.45) is 5.92 Å². The minimum atomic E-state index is 0.661. The zero-order chi connectivity index (χ0) is 6.85. The van der Waals surface area contributed by atoms with E-state index in [0.717, 1.165) is 5.92 Å². The predicted molar refractivity (Wildman–Crippen MR) is 40.1 cm³/mol. The number of hydrogen-bond donors (Lipinski definition) is 1. The predicted octanol–water partition coefficient (Wildman–Crippen LogP) is 1.91. The molecular formula is C8H15N. The molecule has 1 nitrogen and oxygen atoms in total. The molecule has 1 heterocycles. The standard InChI is InChI=1S/C8H15N/c1-6-4-7(2)8(3)9-5-6/h5,7-9H,4H2,1-3H3. The van der Waals surface area contributed by atoms with Crippen LogP contribution in [0.3, 0.4) is 0 Å². The van der Waals surface area contributed by atoms with Gasteiger partial charge < -0.3 is 5.32 Å². The molecule has 1 heteroatoms. The first-order chi connectivity index (χ1) is 4.20. The molecule has 1 aliphatic rings. The van der Waals surface area contributed by atoms with Gasteiger partial charge in [0, 0.05) is 6.04 Å². The van der Waals surface area contributed by atoms with Crippen LogP contribution in [0.1, 0.15) is 27.2 Å². The van der Waals surface area contributed by atoms with Crippen molar-refractivity contribution >= 4 is 0 Å².